The van der Waals surface area contributed by atoms with Crippen LogP contribution in [0, 0.1) is 5.82 Å². The van der Waals surface area contributed by atoms with Crippen molar-refractivity contribution in [2.24, 2.45) is 0 Å². The van der Waals surface area contributed by atoms with Gasteiger partial charge in [0.2, 0.25) is 0 Å². The lowest BCUT2D eigenvalue weighted by molar-refractivity contribution is -0.00921. The Bertz CT molecular complexity index is 653. The zero-order valence-electron chi connectivity index (χ0n) is 19.0. The quantitative estimate of drug-likeness (QED) is 0.593. The van der Waals surface area contributed by atoms with Crippen molar-refractivity contribution in [3.63, 3.8) is 0 Å². The second-order valence-electron chi connectivity index (χ2n) is 9.65. The Morgan fingerprint density at radius 2 is 1.77 bits per heavy atom. The van der Waals surface area contributed by atoms with Crippen LogP contribution in [0.25, 0.3) is 0 Å². The van der Waals surface area contributed by atoms with Gasteiger partial charge >= 0.3 is 6.09 Å². The lowest BCUT2D eigenvalue weighted by atomic mass is 9.93. The normalized spacial score (nSPS) is 17.7. The van der Waals surface area contributed by atoms with E-state index in [2.05, 4.69) is 4.90 Å². The summed E-state index contributed by atoms with van der Waals surface area (Å²) in [6.45, 7) is 8.66. The third-order valence-electron chi connectivity index (χ3n) is 6.23. The van der Waals surface area contributed by atoms with Crippen molar-refractivity contribution < 1.29 is 19.4 Å². The minimum Gasteiger partial charge on any atom is -0.465 e. The summed E-state index contributed by atoms with van der Waals surface area (Å²) in [5.74, 6) is -0.221. The molecule has 30 heavy (non-hydrogen) atoms. The van der Waals surface area contributed by atoms with Crippen LogP contribution >= 0.6 is 0 Å². The molecule has 0 spiro atoms. The Morgan fingerprint density at radius 3 is 2.30 bits per heavy atom. The third kappa shape index (κ3) is 7.24. The molecular formula is C24H39FN2O3. The van der Waals surface area contributed by atoms with Crippen LogP contribution in [-0.4, -0.2) is 62.9 Å². The van der Waals surface area contributed by atoms with Crippen molar-refractivity contribution in [1.29, 1.82) is 0 Å². The number of hydrogen-bond donors (Lipinski definition) is 2. The number of carboxylic acid groups (broad SMARTS) is 1. The molecule has 0 saturated heterocycles. The molecule has 1 aromatic carbocycles. The largest absolute Gasteiger partial charge is 0.465 e. The van der Waals surface area contributed by atoms with Crippen molar-refractivity contribution in [1.82, 2.24) is 9.80 Å². The van der Waals surface area contributed by atoms with Gasteiger partial charge in [0.1, 0.15) is 5.82 Å². The van der Waals surface area contributed by atoms with Crippen molar-refractivity contribution in [2.45, 2.75) is 96.4 Å². The first-order valence-electron chi connectivity index (χ1n) is 11.3. The first-order chi connectivity index (χ1) is 14.1. The van der Waals surface area contributed by atoms with E-state index >= 15 is 0 Å². The molecule has 0 bridgehead atoms. The summed E-state index contributed by atoms with van der Waals surface area (Å²) in [6, 6.07) is 6.57. The van der Waals surface area contributed by atoms with Crippen molar-refractivity contribution >= 4 is 6.09 Å². The number of rotatable bonds is 9. The maximum absolute atomic E-state index is 13.1. The van der Waals surface area contributed by atoms with Crippen LogP contribution in [0.2, 0.25) is 0 Å². The van der Waals surface area contributed by atoms with E-state index < -0.39 is 23.8 Å². The van der Waals surface area contributed by atoms with Crippen LogP contribution in [-0.2, 0) is 6.42 Å². The molecule has 2 N–H and O–H groups in total. The molecule has 5 nitrogen and oxygen atoms in total. The Labute approximate surface area is 180 Å². The Morgan fingerprint density at radius 1 is 1.17 bits per heavy atom. The molecule has 1 saturated carbocycles. The van der Waals surface area contributed by atoms with Gasteiger partial charge in [-0.1, -0.05) is 31.4 Å². The maximum Gasteiger partial charge on any atom is 0.408 e. The number of nitrogens with zero attached hydrogens (tertiary/aromatic N) is 2. The molecule has 6 heteroatoms. The minimum absolute atomic E-state index is 0.221. The van der Waals surface area contributed by atoms with Gasteiger partial charge in [0.15, 0.2) is 0 Å². The van der Waals surface area contributed by atoms with E-state index in [4.69, 9.17) is 0 Å². The number of aliphatic hydroxyl groups excluding tert-OH is 1. The molecule has 2 rings (SSSR count). The van der Waals surface area contributed by atoms with Gasteiger partial charge in [-0.2, -0.15) is 0 Å². The van der Waals surface area contributed by atoms with Gasteiger partial charge in [-0.05, 0) is 77.6 Å². The molecule has 0 aromatic heterocycles. The second-order valence-corrected chi connectivity index (χ2v) is 9.65. The van der Waals surface area contributed by atoms with Gasteiger partial charge in [-0.3, -0.25) is 9.80 Å². The molecule has 1 amide bonds. The van der Waals surface area contributed by atoms with Crippen LogP contribution in [0.15, 0.2) is 24.3 Å². The van der Waals surface area contributed by atoms with Gasteiger partial charge < -0.3 is 10.2 Å². The molecule has 1 aliphatic rings. The minimum atomic E-state index is -1.01. The maximum atomic E-state index is 13.1. The Kier molecular flexibility index (Phi) is 9.10. The van der Waals surface area contributed by atoms with E-state index in [1.54, 1.807) is 6.92 Å². The van der Waals surface area contributed by atoms with E-state index in [1.807, 2.05) is 32.9 Å². The fraction of sp³-hybridized carbons (Fsp3) is 0.708. The highest BCUT2D eigenvalue weighted by molar-refractivity contribution is 5.66. The second kappa shape index (κ2) is 11.1. The molecule has 0 heterocycles. The molecule has 0 radical (unpaired) electrons. The predicted molar refractivity (Wildman–Crippen MR) is 118 cm³/mol. The summed E-state index contributed by atoms with van der Waals surface area (Å²) < 4.78 is 13.1. The van der Waals surface area contributed by atoms with Crippen LogP contribution in [0.5, 0.6) is 0 Å². The van der Waals surface area contributed by atoms with Gasteiger partial charge in [0.05, 0.1) is 12.1 Å². The van der Waals surface area contributed by atoms with Gasteiger partial charge in [0.25, 0.3) is 0 Å². The number of carbonyl (C=O) groups is 1. The number of aliphatic hydroxyl groups is 1. The summed E-state index contributed by atoms with van der Waals surface area (Å²) in [5.41, 5.74) is 0.531. The summed E-state index contributed by atoms with van der Waals surface area (Å²) >= 11 is 0. The van der Waals surface area contributed by atoms with Crippen LogP contribution < -0.4 is 0 Å². The molecule has 170 valence electrons. The lowest BCUT2D eigenvalue weighted by Gasteiger charge is -2.42. The van der Waals surface area contributed by atoms with E-state index in [0.717, 1.165) is 37.8 Å². The average Bonchev–Trinajstić information content (AvgIpc) is 2.67. The number of amides is 1. The van der Waals surface area contributed by atoms with Crippen LogP contribution in [0.3, 0.4) is 0 Å². The molecule has 0 unspecified atom stereocenters. The molecule has 1 aromatic rings. The van der Waals surface area contributed by atoms with E-state index in [-0.39, 0.29) is 5.82 Å². The topological polar surface area (TPSA) is 64.0 Å². The number of hydrogen-bond acceptors (Lipinski definition) is 3. The molecule has 1 fully saturated rings. The summed E-state index contributed by atoms with van der Waals surface area (Å²) in [4.78, 5) is 15.5. The van der Waals surface area contributed by atoms with Crippen LogP contribution in [0.1, 0.15) is 71.8 Å². The molecular weight excluding hydrogens is 383 g/mol. The third-order valence-corrected chi connectivity index (χ3v) is 6.23. The van der Waals surface area contributed by atoms with Crippen molar-refractivity contribution in [2.75, 3.05) is 13.1 Å². The van der Waals surface area contributed by atoms with Crippen LogP contribution in [0.4, 0.5) is 9.18 Å². The van der Waals surface area contributed by atoms with E-state index in [0.29, 0.717) is 12.6 Å². The molecule has 0 aliphatic heterocycles. The molecule has 2 atom stereocenters. The number of aryl methyl sites for hydroxylation is 1. The van der Waals surface area contributed by atoms with Gasteiger partial charge in [0, 0.05) is 18.1 Å². The fourth-order valence-electron chi connectivity index (χ4n) is 4.64. The first kappa shape index (κ1) is 24.6. The first-order valence-corrected chi connectivity index (χ1v) is 11.3. The smallest absolute Gasteiger partial charge is 0.408 e. The predicted octanol–water partition coefficient (Wildman–Crippen LogP) is 4.92. The SMILES string of the molecule is C[C@H]([C@@H](O)CN(CCCc1ccc(F)cc1)C1CCCCC1)N(C(=O)O)C(C)(C)C. The monoisotopic (exact) mass is 422 g/mol. The van der Waals surface area contributed by atoms with E-state index in [9.17, 15) is 19.4 Å². The summed E-state index contributed by atoms with van der Waals surface area (Å²) in [7, 11) is 0. The zero-order chi connectivity index (χ0) is 22.3. The Hall–Kier alpha value is -1.66. The summed E-state index contributed by atoms with van der Waals surface area (Å²) in [6.07, 6.45) is 5.93. The lowest BCUT2D eigenvalue weighted by Crippen LogP contribution is -2.57. The molecule has 1 aliphatic carbocycles. The Balaban J connectivity index is 2.02. The number of benzene rings is 1. The summed E-state index contributed by atoms with van der Waals surface area (Å²) in [5, 5.41) is 20.6. The van der Waals surface area contributed by atoms with Gasteiger partial charge in [-0.25, -0.2) is 9.18 Å². The standard InChI is InChI=1S/C24H39FN2O3/c1-18(27(23(29)30)24(2,3)4)22(28)17-26(21-10-6-5-7-11-21)16-8-9-19-12-14-20(25)15-13-19/h12-15,18,21-22,28H,5-11,16-17H2,1-4H3,(H,29,30)/t18-,22+/m1/s1. The highest BCUT2D eigenvalue weighted by Gasteiger charge is 2.35. The van der Waals surface area contributed by atoms with Crippen molar-refractivity contribution in [3.8, 4) is 0 Å². The highest BCUT2D eigenvalue weighted by atomic mass is 19.1. The zero-order valence-corrected chi connectivity index (χ0v) is 19.0. The van der Waals surface area contributed by atoms with Crippen molar-refractivity contribution in [3.05, 3.63) is 35.6 Å². The number of halogens is 1. The highest BCUT2D eigenvalue weighted by Crippen LogP contribution is 2.25. The fourth-order valence-corrected chi connectivity index (χ4v) is 4.64. The van der Waals surface area contributed by atoms with Gasteiger partial charge in [-0.15, -0.1) is 0 Å². The average molecular weight is 423 g/mol. The van der Waals surface area contributed by atoms with E-state index in [1.165, 1.54) is 36.3 Å².